The third kappa shape index (κ3) is 4.19. The molecule has 0 spiro atoms. The van der Waals surface area contributed by atoms with E-state index in [1.165, 1.54) is 4.88 Å². The summed E-state index contributed by atoms with van der Waals surface area (Å²) in [5.41, 5.74) is 1.44. The van der Waals surface area contributed by atoms with Gasteiger partial charge in [0.2, 0.25) is 5.91 Å². The van der Waals surface area contributed by atoms with Gasteiger partial charge in [-0.3, -0.25) is 4.79 Å². The first-order valence-electron chi connectivity index (χ1n) is 6.30. The molecule has 0 saturated carbocycles. The zero-order valence-electron chi connectivity index (χ0n) is 10.6. The van der Waals surface area contributed by atoms with Crippen LogP contribution in [0.5, 0.6) is 0 Å². The first-order chi connectivity index (χ1) is 9.29. The maximum absolute atomic E-state index is 11.8. The summed E-state index contributed by atoms with van der Waals surface area (Å²) in [6.07, 6.45) is 2.28. The number of aryl methyl sites for hydroxylation is 1. The van der Waals surface area contributed by atoms with Crippen molar-refractivity contribution in [3.8, 4) is 0 Å². The number of amides is 1. The molecule has 4 heteroatoms. The van der Waals surface area contributed by atoms with Crippen LogP contribution in [0.25, 0.3) is 0 Å². The van der Waals surface area contributed by atoms with E-state index in [-0.39, 0.29) is 12.5 Å². The Kier molecular flexibility index (Phi) is 5.12. The zero-order chi connectivity index (χ0) is 13.5. The molecule has 0 unspecified atom stereocenters. The van der Waals surface area contributed by atoms with Crippen LogP contribution in [-0.2, 0) is 17.8 Å². The minimum atomic E-state index is -0.0638. The molecular formula is C15H17NO2S. The number of carbonyl (C=O) groups excluding carboxylic acids is 1. The highest BCUT2D eigenvalue weighted by molar-refractivity contribution is 7.09. The quantitative estimate of drug-likeness (QED) is 0.850. The first-order valence-corrected chi connectivity index (χ1v) is 7.18. The van der Waals surface area contributed by atoms with Crippen LogP contribution in [0.1, 0.15) is 23.3 Å². The molecule has 3 nitrogen and oxygen atoms in total. The van der Waals surface area contributed by atoms with Crippen molar-refractivity contribution < 1.29 is 9.90 Å². The molecule has 0 fully saturated rings. The van der Waals surface area contributed by atoms with Crippen molar-refractivity contribution in [2.24, 2.45) is 0 Å². The van der Waals surface area contributed by atoms with Gasteiger partial charge in [0, 0.05) is 22.5 Å². The molecule has 1 heterocycles. The summed E-state index contributed by atoms with van der Waals surface area (Å²) in [5, 5.41) is 14.1. The fourth-order valence-corrected chi connectivity index (χ4v) is 2.62. The summed E-state index contributed by atoms with van der Waals surface area (Å²) in [4.78, 5) is 13.1. The highest BCUT2D eigenvalue weighted by Gasteiger charge is 2.06. The summed E-state index contributed by atoms with van der Waals surface area (Å²) < 4.78 is 0. The number of aliphatic hydroxyl groups is 1. The molecule has 0 saturated heterocycles. The standard InChI is InChI=1S/C15H17NO2S/c17-11-12-5-1-2-8-14(12)16-15(18)9-3-6-13-7-4-10-19-13/h1-2,4-5,7-8,10,17H,3,6,9,11H2,(H,16,18). The molecule has 0 aliphatic carbocycles. The predicted octanol–water partition coefficient (Wildman–Crippen LogP) is 3.20. The number of para-hydroxylation sites is 1. The molecule has 0 bridgehead atoms. The number of benzene rings is 1. The molecule has 2 rings (SSSR count). The smallest absolute Gasteiger partial charge is 0.224 e. The Hall–Kier alpha value is -1.65. The number of hydrogen-bond acceptors (Lipinski definition) is 3. The van der Waals surface area contributed by atoms with E-state index < -0.39 is 0 Å². The Balaban J connectivity index is 1.80. The van der Waals surface area contributed by atoms with Crippen molar-refractivity contribution in [1.82, 2.24) is 0 Å². The van der Waals surface area contributed by atoms with Crippen LogP contribution in [-0.4, -0.2) is 11.0 Å². The molecule has 0 atom stereocenters. The Bertz CT molecular complexity index is 523. The molecule has 2 aromatic rings. The molecule has 1 aromatic heterocycles. The fourth-order valence-electron chi connectivity index (χ4n) is 1.87. The summed E-state index contributed by atoms with van der Waals surface area (Å²) in [7, 11) is 0. The molecule has 0 radical (unpaired) electrons. The second kappa shape index (κ2) is 7.07. The van der Waals surface area contributed by atoms with Crippen LogP contribution in [0, 0.1) is 0 Å². The van der Waals surface area contributed by atoms with Gasteiger partial charge in [0.25, 0.3) is 0 Å². The number of carbonyl (C=O) groups is 1. The van der Waals surface area contributed by atoms with E-state index >= 15 is 0 Å². The maximum Gasteiger partial charge on any atom is 0.224 e. The van der Waals surface area contributed by atoms with Crippen LogP contribution in [0.4, 0.5) is 5.69 Å². The molecule has 1 amide bonds. The lowest BCUT2D eigenvalue weighted by Gasteiger charge is -2.08. The Labute approximate surface area is 116 Å². The number of nitrogens with one attached hydrogen (secondary N) is 1. The Morgan fingerprint density at radius 2 is 2.05 bits per heavy atom. The van der Waals surface area contributed by atoms with E-state index in [0.29, 0.717) is 12.1 Å². The summed E-state index contributed by atoms with van der Waals surface area (Å²) in [6.45, 7) is -0.0638. The van der Waals surface area contributed by atoms with E-state index in [4.69, 9.17) is 0 Å². The second-order valence-electron chi connectivity index (χ2n) is 4.30. The SMILES string of the molecule is O=C(CCCc1cccs1)Nc1ccccc1CO. The molecule has 2 N–H and O–H groups in total. The monoisotopic (exact) mass is 275 g/mol. The van der Waals surface area contributed by atoms with Crippen molar-refractivity contribution in [1.29, 1.82) is 0 Å². The van der Waals surface area contributed by atoms with Crippen molar-refractivity contribution in [2.75, 3.05) is 5.32 Å². The van der Waals surface area contributed by atoms with E-state index in [9.17, 15) is 9.90 Å². The average molecular weight is 275 g/mol. The van der Waals surface area contributed by atoms with E-state index in [0.717, 1.165) is 18.4 Å². The van der Waals surface area contributed by atoms with Crippen LogP contribution in [0.3, 0.4) is 0 Å². The van der Waals surface area contributed by atoms with Gasteiger partial charge in [0.1, 0.15) is 0 Å². The summed E-state index contributed by atoms with van der Waals surface area (Å²) >= 11 is 1.72. The fraction of sp³-hybridized carbons (Fsp3) is 0.267. The van der Waals surface area contributed by atoms with Crippen LogP contribution in [0.2, 0.25) is 0 Å². The van der Waals surface area contributed by atoms with Gasteiger partial charge in [-0.1, -0.05) is 24.3 Å². The van der Waals surface area contributed by atoms with Gasteiger partial charge in [-0.15, -0.1) is 11.3 Å². The lowest BCUT2D eigenvalue weighted by Crippen LogP contribution is -2.12. The number of anilines is 1. The molecule has 100 valence electrons. The molecule has 1 aromatic carbocycles. The zero-order valence-corrected chi connectivity index (χ0v) is 11.5. The lowest BCUT2D eigenvalue weighted by molar-refractivity contribution is -0.116. The van der Waals surface area contributed by atoms with Gasteiger partial charge in [-0.05, 0) is 30.4 Å². The Morgan fingerprint density at radius 1 is 1.21 bits per heavy atom. The largest absolute Gasteiger partial charge is 0.392 e. The highest BCUT2D eigenvalue weighted by Crippen LogP contribution is 2.16. The van der Waals surface area contributed by atoms with E-state index in [1.807, 2.05) is 29.6 Å². The number of thiophene rings is 1. The van der Waals surface area contributed by atoms with Gasteiger partial charge in [-0.25, -0.2) is 0 Å². The normalized spacial score (nSPS) is 10.4. The first kappa shape index (κ1) is 13.8. The summed E-state index contributed by atoms with van der Waals surface area (Å²) in [6, 6.07) is 11.4. The van der Waals surface area contributed by atoms with Gasteiger partial charge >= 0.3 is 0 Å². The Morgan fingerprint density at radius 3 is 2.79 bits per heavy atom. The number of aliphatic hydroxyl groups excluding tert-OH is 1. The van der Waals surface area contributed by atoms with Crippen LogP contribution >= 0.6 is 11.3 Å². The van der Waals surface area contributed by atoms with Crippen LogP contribution < -0.4 is 5.32 Å². The van der Waals surface area contributed by atoms with Crippen molar-refractivity contribution in [2.45, 2.75) is 25.9 Å². The average Bonchev–Trinajstić information content (AvgIpc) is 2.92. The third-order valence-electron chi connectivity index (χ3n) is 2.87. The molecule has 0 aliphatic rings. The number of hydrogen-bond donors (Lipinski definition) is 2. The van der Waals surface area contributed by atoms with Crippen molar-refractivity contribution in [3.05, 3.63) is 52.2 Å². The van der Waals surface area contributed by atoms with E-state index in [2.05, 4.69) is 11.4 Å². The summed E-state index contributed by atoms with van der Waals surface area (Å²) in [5.74, 6) is -0.00236. The van der Waals surface area contributed by atoms with Gasteiger partial charge in [-0.2, -0.15) is 0 Å². The molecule has 19 heavy (non-hydrogen) atoms. The molecular weight excluding hydrogens is 258 g/mol. The van der Waals surface area contributed by atoms with Gasteiger partial charge < -0.3 is 10.4 Å². The number of rotatable bonds is 6. The van der Waals surface area contributed by atoms with E-state index in [1.54, 1.807) is 17.4 Å². The van der Waals surface area contributed by atoms with Crippen LogP contribution in [0.15, 0.2) is 41.8 Å². The predicted molar refractivity (Wildman–Crippen MR) is 78.3 cm³/mol. The maximum atomic E-state index is 11.8. The van der Waals surface area contributed by atoms with Gasteiger partial charge in [0.05, 0.1) is 6.61 Å². The topological polar surface area (TPSA) is 49.3 Å². The lowest BCUT2D eigenvalue weighted by atomic mass is 10.1. The minimum Gasteiger partial charge on any atom is -0.392 e. The highest BCUT2D eigenvalue weighted by atomic mass is 32.1. The van der Waals surface area contributed by atoms with Crippen molar-refractivity contribution in [3.63, 3.8) is 0 Å². The third-order valence-corrected chi connectivity index (χ3v) is 3.81. The molecule has 0 aliphatic heterocycles. The van der Waals surface area contributed by atoms with Gasteiger partial charge in [0.15, 0.2) is 0 Å². The minimum absolute atomic E-state index is 0.00236. The van der Waals surface area contributed by atoms with Crippen molar-refractivity contribution >= 4 is 22.9 Å². The second-order valence-corrected chi connectivity index (χ2v) is 5.33.